The summed E-state index contributed by atoms with van der Waals surface area (Å²) < 4.78 is 5.11. The third-order valence-corrected chi connectivity index (χ3v) is 1.89. The van der Waals surface area contributed by atoms with Crippen LogP contribution in [0, 0.1) is 0 Å². The Morgan fingerprint density at radius 3 is 2.56 bits per heavy atom. The average molecular weight is 224 g/mol. The quantitative estimate of drug-likeness (QED) is 0.628. The van der Waals surface area contributed by atoms with Crippen molar-refractivity contribution < 1.29 is 19.4 Å². The molecule has 0 saturated carbocycles. The van der Waals surface area contributed by atoms with Gasteiger partial charge in [-0.05, 0) is 12.1 Å². The van der Waals surface area contributed by atoms with Gasteiger partial charge in [-0.25, -0.2) is 0 Å². The van der Waals surface area contributed by atoms with Crippen molar-refractivity contribution in [1.29, 1.82) is 0 Å². The van der Waals surface area contributed by atoms with E-state index in [1.54, 1.807) is 12.1 Å². The van der Waals surface area contributed by atoms with Crippen molar-refractivity contribution in [2.75, 3.05) is 6.61 Å². The Labute approximate surface area is 91.8 Å². The predicted molar refractivity (Wildman–Crippen MR) is 56.1 cm³/mol. The van der Waals surface area contributed by atoms with Gasteiger partial charge in [0.05, 0.1) is 5.56 Å². The highest BCUT2D eigenvalue weighted by Gasteiger charge is 2.14. The fourth-order valence-electron chi connectivity index (χ4n) is 1.05. The molecule has 0 aliphatic heterocycles. The standard InChI is InChI=1S/C10H12N2O4/c11-7(10(14)15)5-16-8-4-2-1-3-6(8)9(12)13/h1-4,7H,5,11H2,(H2,12,13)(H,14,15). The van der Waals surface area contributed by atoms with Crippen molar-refractivity contribution in [2.24, 2.45) is 11.5 Å². The number of carbonyl (C=O) groups excluding carboxylic acids is 1. The number of benzene rings is 1. The molecule has 0 saturated heterocycles. The van der Waals surface area contributed by atoms with E-state index in [2.05, 4.69) is 0 Å². The second kappa shape index (κ2) is 5.13. The van der Waals surface area contributed by atoms with E-state index in [4.69, 9.17) is 21.3 Å². The number of carboxylic acids is 1. The van der Waals surface area contributed by atoms with Crippen LogP contribution in [-0.2, 0) is 4.79 Å². The summed E-state index contributed by atoms with van der Waals surface area (Å²) in [6, 6.07) is 5.15. The molecule has 1 unspecified atom stereocenters. The molecule has 1 rings (SSSR count). The molecule has 6 heteroatoms. The van der Waals surface area contributed by atoms with Gasteiger partial charge in [-0.1, -0.05) is 12.1 Å². The molecule has 1 aromatic rings. The molecule has 1 aromatic carbocycles. The molecule has 1 atom stereocenters. The van der Waals surface area contributed by atoms with Crippen molar-refractivity contribution in [3.8, 4) is 5.75 Å². The van der Waals surface area contributed by atoms with Gasteiger partial charge in [0.25, 0.3) is 5.91 Å². The maximum atomic E-state index is 11.0. The van der Waals surface area contributed by atoms with Crippen LogP contribution in [0.5, 0.6) is 5.75 Å². The molecule has 0 aromatic heterocycles. The first kappa shape index (κ1) is 12.0. The van der Waals surface area contributed by atoms with Crippen LogP contribution in [0.4, 0.5) is 0 Å². The minimum atomic E-state index is -1.17. The largest absolute Gasteiger partial charge is 0.491 e. The lowest BCUT2D eigenvalue weighted by Gasteiger charge is -2.11. The first-order chi connectivity index (χ1) is 7.52. The van der Waals surface area contributed by atoms with Gasteiger partial charge < -0.3 is 21.3 Å². The summed E-state index contributed by atoms with van der Waals surface area (Å²) in [5.41, 5.74) is 10.6. The molecule has 0 aliphatic rings. The van der Waals surface area contributed by atoms with E-state index >= 15 is 0 Å². The zero-order valence-corrected chi connectivity index (χ0v) is 8.42. The van der Waals surface area contributed by atoms with Crippen LogP contribution in [-0.4, -0.2) is 29.6 Å². The fraction of sp³-hybridized carbons (Fsp3) is 0.200. The number of rotatable bonds is 5. The summed E-state index contributed by atoms with van der Waals surface area (Å²) in [4.78, 5) is 21.4. The summed E-state index contributed by atoms with van der Waals surface area (Å²) in [5, 5.41) is 8.54. The number of carbonyl (C=O) groups is 2. The smallest absolute Gasteiger partial charge is 0.324 e. The van der Waals surface area contributed by atoms with Crippen molar-refractivity contribution >= 4 is 11.9 Å². The monoisotopic (exact) mass is 224 g/mol. The van der Waals surface area contributed by atoms with Gasteiger partial charge in [-0.15, -0.1) is 0 Å². The van der Waals surface area contributed by atoms with Gasteiger partial charge in [-0.3, -0.25) is 9.59 Å². The van der Waals surface area contributed by atoms with Gasteiger partial charge in [0.15, 0.2) is 0 Å². The lowest BCUT2D eigenvalue weighted by Crippen LogP contribution is -2.36. The molecule has 16 heavy (non-hydrogen) atoms. The summed E-state index contributed by atoms with van der Waals surface area (Å²) >= 11 is 0. The third-order valence-electron chi connectivity index (χ3n) is 1.89. The minimum Gasteiger partial charge on any atom is -0.491 e. The zero-order valence-electron chi connectivity index (χ0n) is 8.42. The molecule has 0 aliphatic carbocycles. The highest BCUT2D eigenvalue weighted by molar-refractivity contribution is 5.95. The number of hydrogen-bond donors (Lipinski definition) is 3. The van der Waals surface area contributed by atoms with Crippen LogP contribution < -0.4 is 16.2 Å². The highest BCUT2D eigenvalue weighted by Crippen LogP contribution is 2.17. The van der Waals surface area contributed by atoms with Crippen LogP contribution in [0.15, 0.2) is 24.3 Å². The van der Waals surface area contributed by atoms with Gasteiger partial charge in [-0.2, -0.15) is 0 Å². The zero-order chi connectivity index (χ0) is 12.1. The predicted octanol–water partition coefficient (Wildman–Crippen LogP) is -0.424. The molecule has 86 valence electrons. The van der Waals surface area contributed by atoms with E-state index in [0.717, 1.165) is 0 Å². The topological polar surface area (TPSA) is 116 Å². The van der Waals surface area contributed by atoms with E-state index in [-0.39, 0.29) is 17.9 Å². The first-order valence-corrected chi connectivity index (χ1v) is 4.52. The number of primary amides is 1. The Morgan fingerprint density at radius 2 is 2.00 bits per heavy atom. The molecule has 5 N–H and O–H groups in total. The normalized spacial score (nSPS) is 11.8. The number of nitrogens with two attached hydrogens (primary N) is 2. The van der Waals surface area contributed by atoms with Crippen LogP contribution in [0.2, 0.25) is 0 Å². The SMILES string of the molecule is NC(=O)c1ccccc1OCC(N)C(=O)O. The van der Waals surface area contributed by atoms with Gasteiger partial charge in [0.2, 0.25) is 0 Å². The summed E-state index contributed by atoms with van der Waals surface area (Å²) in [5.74, 6) is -1.58. The molecular formula is C10H12N2O4. The third kappa shape index (κ3) is 2.96. The van der Waals surface area contributed by atoms with Crippen molar-refractivity contribution in [1.82, 2.24) is 0 Å². The van der Waals surface area contributed by atoms with E-state index in [9.17, 15) is 9.59 Å². The van der Waals surface area contributed by atoms with Gasteiger partial charge >= 0.3 is 5.97 Å². The number of aliphatic carboxylic acids is 1. The fourth-order valence-corrected chi connectivity index (χ4v) is 1.05. The lowest BCUT2D eigenvalue weighted by molar-refractivity contribution is -0.139. The van der Waals surface area contributed by atoms with Crippen molar-refractivity contribution in [2.45, 2.75) is 6.04 Å². The number of ether oxygens (including phenoxy) is 1. The Kier molecular flexibility index (Phi) is 3.84. The summed E-state index contributed by atoms with van der Waals surface area (Å²) in [7, 11) is 0. The van der Waals surface area contributed by atoms with Gasteiger partial charge in [0.1, 0.15) is 18.4 Å². The second-order valence-electron chi connectivity index (χ2n) is 3.12. The average Bonchev–Trinajstić information content (AvgIpc) is 2.25. The molecule has 0 radical (unpaired) electrons. The molecule has 6 nitrogen and oxygen atoms in total. The number of para-hydroxylation sites is 1. The van der Waals surface area contributed by atoms with E-state index in [1.165, 1.54) is 12.1 Å². The van der Waals surface area contributed by atoms with Gasteiger partial charge in [0, 0.05) is 0 Å². The number of carboxylic acid groups (broad SMARTS) is 1. The van der Waals surface area contributed by atoms with Crippen LogP contribution in [0.3, 0.4) is 0 Å². The molecule has 0 bridgehead atoms. The van der Waals surface area contributed by atoms with E-state index in [0.29, 0.717) is 0 Å². The Bertz CT molecular complexity index is 406. The molecule has 0 fully saturated rings. The molecule has 1 amide bonds. The summed E-state index contributed by atoms with van der Waals surface area (Å²) in [6.45, 7) is -0.223. The Hall–Kier alpha value is -2.08. The van der Waals surface area contributed by atoms with Crippen molar-refractivity contribution in [3.63, 3.8) is 0 Å². The molecule has 0 heterocycles. The van der Waals surface area contributed by atoms with Crippen LogP contribution in [0.1, 0.15) is 10.4 Å². The Balaban J connectivity index is 2.74. The second-order valence-corrected chi connectivity index (χ2v) is 3.12. The maximum Gasteiger partial charge on any atom is 0.324 e. The number of hydrogen-bond acceptors (Lipinski definition) is 4. The Morgan fingerprint density at radius 1 is 1.38 bits per heavy atom. The molecule has 0 spiro atoms. The van der Waals surface area contributed by atoms with E-state index < -0.39 is 17.9 Å². The minimum absolute atomic E-state index is 0.195. The highest BCUT2D eigenvalue weighted by atomic mass is 16.5. The summed E-state index contributed by atoms with van der Waals surface area (Å²) in [6.07, 6.45) is 0. The van der Waals surface area contributed by atoms with E-state index in [1.807, 2.05) is 0 Å². The van der Waals surface area contributed by atoms with Crippen molar-refractivity contribution in [3.05, 3.63) is 29.8 Å². The van der Waals surface area contributed by atoms with Crippen LogP contribution in [0.25, 0.3) is 0 Å². The maximum absolute atomic E-state index is 11.0. The number of amides is 1. The lowest BCUT2D eigenvalue weighted by atomic mass is 10.2. The van der Waals surface area contributed by atoms with Crippen LogP contribution >= 0.6 is 0 Å². The molecular weight excluding hydrogens is 212 g/mol. The first-order valence-electron chi connectivity index (χ1n) is 4.52.